The Morgan fingerprint density at radius 3 is 2.69 bits per heavy atom. The van der Waals surface area contributed by atoms with E-state index in [0.29, 0.717) is 6.10 Å². The Morgan fingerprint density at radius 1 is 1.19 bits per heavy atom. The van der Waals surface area contributed by atoms with Crippen molar-refractivity contribution < 1.29 is 4.74 Å². The molecule has 2 rings (SSSR count). The minimum Gasteiger partial charge on any atom is -0.377 e. The van der Waals surface area contributed by atoms with Crippen LogP contribution in [0.15, 0.2) is 35.2 Å². The molecule has 0 atom stereocenters. The lowest BCUT2D eigenvalue weighted by Crippen LogP contribution is -2.32. The molecule has 1 saturated heterocycles. The second kappa shape index (κ2) is 6.94. The lowest BCUT2D eigenvalue weighted by Gasteiger charge is -2.22. The molecule has 1 aliphatic rings. The summed E-state index contributed by atoms with van der Waals surface area (Å²) >= 11 is 1.87. The van der Waals surface area contributed by atoms with Gasteiger partial charge in [-0.15, -0.1) is 11.8 Å². The van der Waals surface area contributed by atoms with Crippen LogP contribution in [0.2, 0.25) is 0 Å². The van der Waals surface area contributed by atoms with Crippen molar-refractivity contribution in [2.24, 2.45) is 0 Å². The van der Waals surface area contributed by atoms with E-state index in [-0.39, 0.29) is 0 Å². The SMILES string of the molecule is c1ccc(SCCOC2CCNCC2)cc1. The average Bonchev–Trinajstić information content (AvgIpc) is 2.37. The summed E-state index contributed by atoms with van der Waals surface area (Å²) in [6.45, 7) is 3.08. The van der Waals surface area contributed by atoms with Gasteiger partial charge in [0.25, 0.3) is 0 Å². The number of ether oxygens (including phenoxy) is 1. The zero-order valence-corrected chi connectivity index (χ0v) is 10.3. The van der Waals surface area contributed by atoms with E-state index in [4.69, 9.17) is 4.74 Å². The van der Waals surface area contributed by atoms with Gasteiger partial charge in [-0.05, 0) is 38.1 Å². The fraction of sp³-hybridized carbons (Fsp3) is 0.538. The van der Waals surface area contributed by atoms with Gasteiger partial charge in [-0.25, -0.2) is 0 Å². The molecule has 3 heteroatoms. The fourth-order valence-electron chi connectivity index (χ4n) is 1.85. The van der Waals surface area contributed by atoms with Gasteiger partial charge in [0.2, 0.25) is 0 Å². The van der Waals surface area contributed by atoms with Crippen molar-refractivity contribution in [1.29, 1.82) is 0 Å². The van der Waals surface area contributed by atoms with E-state index in [1.54, 1.807) is 0 Å². The van der Waals surface area contributed by atoms with Gasteiger partial charge in [-0.3, -0.25) is 0 Å². The number of hydrogen-bond acceptors (Lipinski definition) is 3. The summed E-state index contributed by atoms with van der Waals surface area (Å²) in [5, 5.41) is 3.35. The highest BCUT2D eigenvalue weighted by atomic mass is 32.2. The predicted molar refractivity (Wildman–Crippen MR) is 69.0 cm³/mol. The highest BCUT2D eigenvalue weighted by Gasteiger charge is 2.12. The van der Waals surface area contributed by atoms with Crippen molar-refractivity contribution >= 4 is 11.8 Å². The summed E-state index contributed by atoms with van der Waals surface area (Å²) in [6, 6.07) is 10.5. The zero-order valence-electron chi connectivity index (χ0n) is 9.52. The Labute approximate surface area is 102 Å². The van der Waals surface area contributed by atoms with E-state index in [1.165, 1.54) is 4.90 Å². The van der Waals surface area contributed by atoms with Crippen molar-refractivity contribution in [2.45, 2.75) is 23.8 Å². The molecule has 0 spiro atoms. The standard InChI is InChI=1S/C13H19NOS/c1-2-4-13(5-3-1)16-11-10-15-12-6-8-14-9-7-12/h1-5,12,14H,6-11H2. The summed E-state index contributed by atoms with van der Waals surface area (Å²) in [7, 11) is 0. The van der Waals surface area contributed by atoms with Crippen molar-refractivity contribution in [3.63, 3.8) is 0 Å². The van der Waals surface area contributed by atoms with E-state index in [0.717, 1.165) is 38.3 Å². The number of hydrogen-bond donors (Lipinski definition) is 1. The van der Waals surface area contributed by atoms with E-state index >= 15 is 0 Å². The Hall–Kier alpha value is -0.510. The summed E-state index contributed by atoms with van der Waals surface area (Å²) in [4.78, 5) is 1.33. The molecule has 16 heavy (non-hydrogen) atoms. The average molecular weight is 237 g/mol. The molecule has 1 N–H and O–H groups in total. The molecule has 0 unspecified atom stereocenters. The fourth-order valence-corrected chi connectivity index (χ4v) is 2.62. The first-order valence-electron chi connectivity index (χ1n) is 5.95. The van der Waals surface area contributed by atoms with Crippen molar-refractivity contribution in [2.75, 3.05) is 25.4 Å². The number of rotatable bonds is 5. The maximum absolute atomic E-state index is 5.84. The number of benzene rings is 1. The summed E-state index contributed by atoms with van der Waals surface area (Å²) in [6.07, 6.45) is 2.81. The first-order valence-corrected chi connectivity index (χ1v) is 6.94. The smallest absolute Gasteiger partial charge is 0.0599 e. The van der Waals surface area contributed by atoms with Gasteiger partial charge in [0.05, 0.1) is 12.7 Å². The van der Waals surface area contributed by atoms with Gasteiger partial charge >= 0.3 is 0 Å². The first kappa shape index (κ1) is 12.0. The number of nitrogens with one attached hydrogen (secondary N) is 1. The van der Waals surface area contributed by atoms with Crippen LogP contribution in [0.3, 0.4) is 0 Å². The van der Waals surface area contributed by atoms with Gasteiger partial charge < -0.3 is 10.1 Å². The Kier molecular flexibility index (Phi) is 5.19. The Morgan fingerprint density at radius 2 is 1.94 bits per heavy atom. The summed E-state index contributed by atoms with van der Waals surface area (Å²) in [5.74, 6) is 1.05. The van der Waals surface area contributed by atoms with Crippen LogP contribution < -0.4 is 5.32 Å². The van der Waals surface area contributed by atoms with Crippen LogP contribution in [0.1, 0.15) is 12.8 Å². The molecule has 1 heterocycles. The molecule has 1 aromatic rings. The second-order valence-electron chi connectivity index (χ2n) is 3.98. The lowest BCUT2D eigenvalue weighted by molar-refractivity contribution is 0.0432. The molecule has 0 saturated carbocycles. The maximum atomic E-state index is 5.84. The molecule has 0 aromatic heterocycles. The summed E-state index contributed by atoms with van der Waals surface area (Å²) in [5.41, 5.74) is 0. The highest BCUT2D eigenvalue weighted by Crippen LogP contribution is 2.17. The Bertz CT molecular complexity index is 285. The van der Waals surface area contributed by atoms with E-state index in [2.05, 4.69) is 35.6 Å². The third-order valence-corrected chi connectivity index (χ3v) is 3.71. The highest BCUT2D eigenvalue weighted by molar-refractivity contribution is 7.99. The monoisotopic (exact) mass is 237 g/mol. The lowest BCUT2D eigenvalue weighted by atomic mass is 10.1. The molecule has 1 fully saturated rings. The van der Waals surface area contributed by atoms with Crippen LogP contribution in [-0.4, -0.2) is 31.6 Å². The quantitative estimate of drug-likeness (QED) is 0.628. The van der Waals surface area contributed by atoms with Crippen LogP contribution in [-0.2, 0) is 4.74 Å². The van der Waals surface area contributed by atoms with Crippen LogP contribution in [0.4, 0.5) is 0 Å². The van der Waals surface area contributed by atoms with E-state index in [9.17, 15) is 0 Å². The molecule has 0 bridgehead atoms. The maximum Gasteiger partial charge on any atom is 0.0599 e. The molecule has 0 amide bonds. The molecule has 0 radical (unpaired) electrons. The van der Waals surface area contributed by atoms with Crippen LogP contribution >= 0.6 is 11.8 Å². The van der Waals surface area contributed by atoms with Crippen molar-refractivity contribution in [3.05, 3.63) is 30.3 Å². The minimum atomic E-state index is 0.484. The third-order valence-electron chi connectivity index (χ3n) is 2.73. The normalized spacial score (nSPS) is 17.5. The van der Waals surface area contributed by atoms with Gasteiger partial charge in [0.1, 0.15) is 0 Å². The topological polar surface area (TPSA) is 21.3 Å². The van der Waals surface area contributed by atoms with E-state index < -0.39 is 0 Å². The van der Waals surface area contributed by atoms with Crippen LogP contribution in [0.25, 0.3) is 0 Å². The third kappa shape index (κ3) is 4.16. The van der Waals surface area contributed by atoms with E-state index in [1.807, 2.05) is 11.8 Å². The molecule has 1 aliphatic heterocycles. The number of thioether (sulfide) groups is 1. The molecular formula is C13H19NOS. The minimum absolute atomic E-state index is 0.484. The molecular weight excluding hydrogens is 218 g/mol. The van der Waals surface area contributed by atoms with Crippen molar-refractivity contribution in [1.82, 2.24) is 5.32 Å². The zero-order chi connectivity index (χ0) is 11.1. The molecule has 0 aliphatic carbocycles. The predicted octanol–water partition coefficient (Wildman–Crippen LogP) is 2.55. The Balaban J connectivity index is 1.58. The van der Waals surface area contributed by atoms with Gasteiger partial charge in [0.15, 0.2) is 0 Å². The van der Waals surface area contributed by atoms with Gasteiger partial charge in [-0.1, -0.05) is 18.2 Å². The van der Waals surface area contributed by atoms with Gasteiger partial charge in [-0.2, -0.15) is 0 Å². The largest absolute Gasteiger partial charge is 0.377 e. The number of piperidine rings is 1. The molecule has 1 aromatic carbocycles. The first-order chi connectivity index (χ1) is 7.95. The molecule has 88 valence electrons. The molecule has 2 nitrogen and oxygen atoms in total. The van der Waals surface area contributed by atoms with Crippen molar-refractivity contribution in [3.8, 4) is 0 Å². The van der Waals surface area contributed by atoms with Crippen LogP contribution in [0, 0.1) is 0 Å². The second-order valence-corrected chi connectivity index (χ2v) is 5.15. The van der Waals surface area contributed by atoms with Crippen LogP contribution in [0.5, 0.6) is 0 Å². The van der Waals surface area contributed by atoms with Gasteiger partial charge in [0, 0.05) is 10.6 Å². The summed E-state index contributed by atoms with van der Waals surface area (Å²) < 4.78 is 5.84.